The summed E-state index contributed by atoms with van der Waals surface area (Å²) in [6.45, 7) is 6.13. The van der Waals surface area contributed by atoms with E-state index in [1.54, 1.807) is 12.4 Å². The van der Waals surface area contributed by atoms with E-state index in [1.165, 1.54) is 4.31 Å². The molecule has 0 radical (unpaired) electrons. The Balaban J connectivity index is 1.58. The van der Waals surface area contributed by atoms with Crippen LogP contribution in [0.15, 0.2) is 12.4 Å². The lowest BCUT2D eigenvalue weighted by molar-refractivity contribution is 0.122. The molecule has 1 unspecified atom stereocenters. The molecular formula is C19H27N9O3S. The molecule has 5 rings (SSSR count). The molecule has 12 nitrogen and oxygen atoms in total. The van der Waals surface area contributed by atoms with Crippen LogP contribution in [0.4, 0.5) is 17.7 Å². The van der Waals surface area contributed by atoms with Crippen molar-refractivity contribution in [1.29, 1.82) is 0 Å². The lowest BCUT2D eigenvalue weighted by Gasteiger charge is -2.37. The molecule has 32 heavy (non-hydrogen) atoms. The number of nitrogen functional groups attached to an aromatic ring is 1. The maximum absolute atomic E-state index is 11.9. The maximum Gasteiger partial charge on any atom is 0.276 e. The topological polar surface area (TPSA) is 157 Å². The molecule has 4 N–H and O–H groups in total. The van der Waals surface area contributed by atoms with Crippen molar-refractivity contribution in [1.82, 2.24) is 24.2 Å². The highest BCUT2D eigenvalue weighted by Crippen LogP contribution is 2.41. The van der Waals surface area contributed by atoms with Gasteiger partial charge in [-0.15, -0.1) is 0 Å². The molecule has 2 aromatic heterocycles. The summed E-state index contributed by atoms with van der Waals surface area (Å²) in [5, 5.41) is 5.40. The Labute approximate surface area is 186 Å². The van der Waals surface area contributed by atoms with Crippen LogP contribution in [-0.4, -0.2) is 84.1 Å². The van der Waals surface area contributed by atoms with E-state index in [9.17, 15) is 8.42 Å². The van der Waals surface area contributed by atoms with E-state index < -0.39 is 15.7 Å². The van der Waals surface area contributed by atoms with Crippen molar-refractivity contribution in [2.24, 2.45) is 5.14 Å². The summed E-state index contributed by atoms with van der Waals surface area (Å²) in [5.74, 6) is 1.65. The van der Waals surface area contributed by atoms with E-state index in [-0.39, 0.29) is 5.95 Å². The lowest BCUT2D eigenvalue weighted by atomic mass is 9.99. The Morgan fingerprint density at radius 2 is 1.81 bits per heavy atom. The van der Waals surface area contributed by atoms with E-state index in [4.69, 9.17) is 25.6 Å². The Morgan fingerprint density at radius 1 is 1.09 bits per heavy atom. The van der Waals surface area contributed by atoms with Crippen LogP contribution in [0, 0.1) is 0 Å². The monoisotopic (exact) mass is 461 g/mol. The summed E-state index contributed by atoms with van der Waals surface area (Å²) >= 11 is 0. The van der Waals surface area contributed by atoms with Crippen LogP contribution in [0.3, 0.4) is 0 Å². The smallest absolute Gasteiger partial charge is 0.276 e. The van der Waals surface area contributed by atoms with Gasteiger partial charge in [0.05, 0.1) is 24.4 Å². The van der Waals surface area contributed by atoms with Crippen molar-refractivity contribution in [3.05, 3.63) is 18.0 Å². The van der Waals surface area contributed by atoms with Crippen LogP contribution in [0.25, 0.3) is 11.3 Å². The normalized spacial score (nSPS) is 24.2. The predicted octanol–water partition coefficient (Wildman–Crippen LogP) is -0.617. The fourth-order valence-corrected chi connectivity index (χ4v) is 5.52. The molecule has 0 saturated carbocycles. The van der Waals surface area contributed by atoms with Crippen molar-refractivity contribution in [3.63, 3.8) is 0 Å². The third-order valence-electron chi connectivity index (χ3n) is 6.48. The van der Waals surface area contributed by atoms with E-state index >= 15 is 0 Å². The predicted molar refractivity (Wildman–Crippen MR) is 119 cm³/mol. The van der Waals surface area contributed by atoms with Gasteiger partial charge in [-0.3, -0.25) is 0 Å². The van der Waals surface area contributed by atoms with E-state index in [0.29, 0.717) is 58.3 Å². The van der Waals surface area contributed by atoms with Crippen LogP contribution in [-0.2, 0) is 21.4 Å². The summed E-state index contributed by atoms with van der Waals surface area (Å²) < 4.78 is 30.7. The molecule has 0 aliphatic carbocycles. The Kier molecular flexibility index (Phi) is 5.15. The number of nitrogens with two attached hydrogens (primary N) is 2. The highest BCUT2D eigenvalue weighted by atomic mass is 32.2. The summed E-state index contributed by atoms with van der Waals surface area (Å²) in [6, 6.07) is 0. The number of fused-ring (bicyclic) bond motifs is 1. The highest BCUT2D eigenvalue weighted by molar-refractivity contribution is 7.86. The Morgan fingerprint density at radius 3 is 2.47 bits per heavy atom. The Bertz CT molecular complexity index is 1120. The van der Waals surface area contributed by atoms with Gasteiger partial charge in [0.2, 0.25) is 11.9 Å². The summed E-state index contributed by atoms with van der Waals surface area (Å²) in [4.78, 5) is 22.5. The first-order valence-corrected chi connectivity index (χ1v) is 12.1. The second-order valence-electron chi connectivity index (χ2n) is 8.63. The first-order chi connectivity index (χ1) is 15.2. The summed E-state index contributed by atoms with van der Waals surface area (Å²) in [6.07, 6.45) is 4.76. The molecular weight excluding hydrogens is 434 g/mol. The lowest BCUT2D eigenvalue weighted by Crippen LogP contribution is -2.49. The minimum atomic E-state index is -3.74. The van der Waals surface area contributed by atoms with E-state index in [0.717, 1.165) is 29.1 Å². The van der Waals surface area contributed by atoms with Crippen molar-refractivity contribution in [2.75, 3.05) is 61.5 Å². The van der Waals surface area contributed by atoms with Gasteiger partial charge in [-0.2, -0.15) is 17.7 Å². The van der Waals surface area contributed by atoms with Gasteiger partial charge in [-0.05, 0) is 19.8 Å². The molecule has 13 heteroatoms. The number of aromatic nitrogens is 4. The van der Waals surface area contributed by atoms with Crippen molar-refractivity contribution in [2.45, 2.75) is 25.3 Å². The van der Waals surface area contributed by atoms with Crippen LogP contribution in [0.2, 0.25) is 0 Å². The summed E-state index contributed by atoms with van der Waals surface area (Å²) in [7, 11) is -3.74. The van der Waals surface area contributed by atoms with Crippen molar-refractivity contribution < 1.29 is 13.2 Å². The molecule has 2 aromatic rings. The summed E-state index contributed by atoms with van der Waals surface area (Å²) in [5.41, 5.74) is 7.83. The standard InChI is InChI=1S/C19H27N9O3S/c1-19(3-5-27(12-19)32(21,29)30)28-4-2-14-15(13-10-22-17(20)23-11-13)24-18(25-16(14)28)26-6-8-31-9-7-26/h10-11H,2-9,12H2,1H3,(H2,20,22,23)(H2,21,29,30). The fourth-order valence-electron chi connectivity index (χ4n) is 4.71. The molecule has 0 aromatic carbocycles. The molecule has 2 fully saturated rings. The molecule has 172 valence electrons. The number of morpholine rings is 1. The molecule has 5 heterocycles. The molecule has 3 aliphatic rings. The second kappa shape index (κ2) is 7.76. The quantitative estimate of drug-likeness (QED) is 0.601. The van der Waals surface area contributed by atoms with Crippen molar-refractivity contribution in [3.8, 4) is 11.3 Å². The van der Waals surface area contributed by atoms with Gasteiger partial charge in [0, 0.05) is 56.2 Å². The number of anilines is 3. The number of hydrogen-bond acceptors (Lipinski definition) is 10. The molecule has 0 spiro atoms. The number of nitrogens with zero attached hydrogens (tertiary/aromatic N) is 7. The molecule has 2 saturated heterocycles. The fraction of sp³-hybridized carbons (Fsp3) is 0.579. The highest BCUT2D eigenvalue weighted by Gasteiger charge is 2.45. The third-order valence-corrected chi connectivity index (χ3v) is 7.51. The second-order valence-corrected chi connectivity index (χ2v) is 10.2. The molecule has 3 aliphatic heterocycles. The Hall–Kier alpha value is -2.61. The third kappa shape index (κ3) is 3.74. The van der Waals surface area contributed by atoms with Crippen molar-refractivity contribution >= 4 is 27.9 Å². The SMILES string of the molecule is CC1(N2CCc3c(-c4cnc(N)nc4)nc(N4CCOCC4)nc32)CCN(S(N)(=O)=O)C1. The van der Waals surface area contributed by atoms with Crippen LogP contribution in [0.5, 0.6) is 0 Å². The molecule has 0 amide bonds. The van der Waals surface area contributed by atoms with Gasteiger partial charge < -0.3 is 20.3 Å². The van der Waals surface area contributed by atoms with E-state index in [2.05, 4.69) is 26.7 Å². The minimum absolute atomic E-state index is 0.205. The average Bonchev–Trinajstić information content (AvgIpc) is 3.39. The first kappa shape index (κ1) is 21.2. The van der Waals surface area contributed by atoms with Gasteiger partial charge in [0.25, 0.3) is 10.2 Å². The van der Waals surface area contributed by atoms with Crippen LogP contribution in [0.1, 0.15) is 18.9 Å². The number of hydrogen-bond donors (Lipinski definition) is 2. The first-order valence-electron chi connectivity index (χ1n) is 10.6. The minimum Gasteiger partial charge on any atom is -0.378 e. The van der Waals surface area contributed by atoms with Gasteiger partial charge in [0.15, 0.2) is 0 Å². The van der Waals surface area contributed by atoms with Crippen LogP contribution < -0.4 is 20.7 Å². The van der Waals surface area contributed by atoms with Gasteiger partial charge in [-0.1, -0.05) is 0 Å². The molecule has 1 atom stereocenters. The zero-order chi connectivity index (χ0) is 22.5. The average molecular weight is 462 g/mol. The number of ether oxygens (including phenoxy) is 1. The van der Waals surface area contributed by atoms with Gasteiger partial charge in [-0.25, -0.2) is 20.1 Å². The largest absolute Gasteiger partial charge is 0.378 e. The zero-order valence-corrected chi connectivity index (χ0v) is 18.8. The van der Waals surface area contributed by atoms with Gasteiger partial charge >= 0.3 is 0 Å². The zero-order valence-electron chi connectivity index (χ0n) is 17.9. The number of rotatable bonds is 4. The van der Waals surface area contributed by atoms with Crippen LogP contribution >= 0.6 is 0 Å². The maximum atomic E-state index is 11.9. The van der Waals surface area contributed by atoms with Gasteiger partial charge in [0.1, 0.15) is 5.82 Å². The molecule has 0 bridgehead atoms. The van der Waals surface area contributed by atoms with E-state index in [1.807, 2.05) is 0 Å².